The lowest BCUT2D eigenvalue weighted by molar-refractivity contribution is 0.0693. The van der Waals surface area contributed by atoms with Gasteiger partial charge in [-0.3, -0.25) is 4.21 Å². The first-order valence-corrected chi connectivity index (χ1v) is 8.73. The van der Waals surface area contributed by atoms with Gasteiger partial charge in [0.1, 0.15) is 11.3 Å². The summed E-state index contributed by atoms with van der Waals surface area (Å²) in [4.78, 5) is 10.7. The van der Waals surface area contributed by atoms with E-state index in [1.807, 2.05) is 0 Å². The Morgan fingerprint density at radius 1 is 1.40 bits per heavy atom. The Hall–Kier alpha value is -1.45. The topological polar surface area (TPSA) is 121 Å². The lowest BCUT2D eigenvalue weighted by Crippen LogP contribution is -2.28. The predicted molar refractivity (Wildman–Crippen MR) is 73.9 cm³/mol. The zero-order chi connectivity index (χ0) is 15.5. The van der Waals surface area contributed by atoms with Crippen LogP contribution in [0.1, 0.15) is 15.9 Å². The van der Waals surface area contributed by atoms with E-state index in [1.165, 1.54) is 13.2 Å². The molecule has 1 rings (SSSR count). The number of carboxylic acids is 1. The first-order valence-electron chi connectivity index (χ1n) is 5.51. The van der Waals surface area contributed by atoms with Gasteiger partial charge in [-0.15, -0.1) is 0 Å². The van der Waals surface area contributed by atoms with E-state index >= 15 is 0 Å². The lowest BCUT2D eigenvalue weighted by atomic mass is 10.1. The van der Waals surface area contributed by atoms with Crippen molar-refractivity contribution in [1.82, 2.24) is 4.72 Å². The third-order valence-electron chi connectivity index (χ3n) is 2.49. The minimum atomic E-state index is -3.92. The minimum absolute atomic E-state index is 0.0197. The molecule has 0 aromatic heterocycles. The molecule has 0 aliphatic heterocycles. The Labute approximate surface area is 119 Å². The van der Waals surface area contributed by atoms with Crippen molar-refractivity contribution in [2.75, 3.05) is 18.6 Å². The quantitative estimate of drug-likeness (QED) is 0.681. The molecule has 0 fully saturated rings. The summed E-state index contributed by atoms with van der Waals surface area (Å²) in [7, 11) is -5.06. The lowest BCUT2D eigenvalue weighted by Gasteiger charge is -2.10. The second-order valence-corrected chi connectivity index (χ2v) is 7.41. The first kappa shape index (κ1) is 16.6. The second-order valence-electron chi connectivity index (χ2n) is 4.12. The summed E-state index contributed by atoms with van der Waals surface area (Å²) in [5.74, 6) is -1.76. The van der Waals surface area contributed by atoms with Crippen LogP contribution in [0.3, 0.4) is 0 Å². The van der Waals surface area contributed by atoms with Gasteiger partial charge in [0.25, 0.3) is 0 Å². The molecule has 0 radical (unpaired) electrons. The fourth-order valence-electron chi connectivity index (χ4n) is 1.53. The van der Waals surface area contributed by atoms with Gasteiger partial charge in [0, 0.05) is 29.4 Å². The van der Waals surface area contributed by atoms with Gasteiger partial charge >= 0.3 is 5.97 Å². The number of hydrogen-bond acceptors (Lipinski definition) is 5. The summed E-state index contributed by atoms with van der Waals surface area (Å²) in [6.45, 7) is 1.42. The Morgan fingerprint density at radius 2 is 2.00 bits per heavy atom. The molecule has 1 aromatic rings. The fraction of sp³-hybridized carbons (Fsp3) is 0.364. The monoisotopic (exact) mass is 321 g/mol. The molecule has 0 amide bonds. The Morgan fingerprint density at radius 3 is 2.50 bits per heavy atom. The number of aromatic carboxylic acids is 1. The first-order chi connectivity index (χ1) is 9.15. The van der Waals surface area contributed by atoms with Gasteiger partial charge < -0.3 is 10.2 Å². The molecule has 0 saturated heterocycles. The fourth-order valence-corrected chi connectivity index (χ4v) is 3.33. The van der Waals surface area contributed by atoms with Crippen molar-refractivity contribution in [3.63, 3.8) is 0 Å². The molecule has 0 heterocycles. The smallest absolute Gasteiger partial charge is 0.339 e. The summed E-state index contributed by atoms with van der Waals surface area (Å²) in [5, 5.41) is 18.3. The average molecular weight is 321 g/mol. The zero-order valence-electron chi connectivity index (χ0n) is 10.9. The molecule has 0 aliphatic carbocycles. The standard InChI is InChI=1S/C11H15NO6S2/c1-7-5-9(13)8(11(14)15)6-10(7)20(17,18)12-3-4-19(2)16/h5-6,12-13H,3-4H2,1-2H3,(H,14,15). The number of rotatable bonds is 6. The number of aryl methyl sites for hydroxylation is 1. The normalized spacial score (nSPS) is 13.1. The Balaban J connectivity index is 3.14. The van der Waals surface area contributed by atoms with E-state index in [2.05, 4.69) is 4.72 Å². The van der Waals surface area contributed by atoms with Crippen LogP contribution in [0.5, 0.6) is 5.75 Å². The number of nitrogens with one attached hydrogen (secondary N) is 1. The summed E-state index contributed by atoms with van der Waals surface area (Å²) < 4.78 is 37.2. The molecule has 3 N–H and O–H groups in total. The molecule has 1 atom stereocenters. The maximum atomic E-state index is 12.0. The van der Waals surface area contributed by atoms with Crippen molar-refractivity contribution in [1.29, 1.82) is 0 Å². The summed E-state index contributed by atoms with van der Waals surface area (Å²) in [6.07, 6.45) is 1.45. The van der Waals surface area contributed by atoms with Gasteiger partial charge in [-0.25, -0.2) is 17.9 Å². The second kappa shape index (κ2) is 6.33. The molecule has 0 aliphatic rings. The average Bonchev–Trinajstić information content (AvgIpc) is 2.26. The van der Waals surface area contributed by atoms with E-state index in [0.717, 1.165) is 12.1 Å². The van der Waals surface area contributed by atoms with Crippen LogP contribution in [0.25, 0.3) is 0 Å². The van der Waals surface area contributed by atoms with Crippen LogP contribution in [0, 0.1) is 6.92 Å². The van der Waals surface area contributed by atoms with Crippen molar-refractivity contribution in [2.24, 2.45) is 0 Å². The molecule has 1 aromatic carbocycles. The molecule has 7 nitrogen and oxygen atoms in total. The highest BCUT2D eigenvalue weighted by molar-refractivity contribution is 7.89. The molecule has 0 saturated carbocycles. The van der Waals surface area contributed by atoms with Crippen LogP contribution < -0.4 is 4.72 Å². The molecule has 0 spiro atoms. The third kappa shape index (κ3) is 4.02. The van der Waals surface area contributed by atoms with Crippen molar-refractivity contribution >= 4 is 26.8 Å². The molecule has 20 heavy (non-hydrogen) atoms. The van der Waals surface area contributed by atoms with Gasteiger partial charge in [0.15, 0.2) is 0 Å². The summed E-state index contributed by atoms with van der Waals surface area (Å²) in [5.41, 5.74) is -0.271. The Bertz CT molecular complexity index is 653. The highest BCUT2D eigenvalue weighted by Crippen LogP contribution is 2.25. The maximum absolute atomic E-state index is 12.0. The number of sulfonamides is 1. The Kier molecular flexibility index (Phi) is 5.26. The maximum Gasteiger partial charge on any atom is 0.339 e. The number of phenols is 1. The van der Waals surface area contributed by atoms with E-state index < -0.39 is 38.1 Å². The summed E-state index contributed by atoms with van der Waals surface area (Å²) in [6, 6.07) is 1.98. The highest BCUT2D eigenvalue weighted by Gasteiger charge is 2.21. The number of carbonyl (C=O) groups is 1. The van der Waals surface area contributed by atoms with E-state index in [9.17, 15) is 22.5 Å². The molecule has 1 unspecified atom stereocenters. The molecular formula is C11H15NO6S2. The molecule has 0 bridgehead atoms. The van der Waals surface area contributed by atoms with Crippen molar-refractivity contribution in [3.05, 3.63) is 23.3 Å². The van der Waals surface area contributed by atoms with Crippen LogP contribution in [-0.4, -0.2) is 47.4 Å². The molecular weight excluding hydrogens is 306 g/mol. The van der Waals surface area contributed by atoms with Crippen LogP contribution in [0.15, 0.2) is 17.0 Å². The van der Waals surface area contributed by atoms with Crippen LogP contribution >= 0.6 is 0 Å². The number of aromatic hydroxyl groups is 1. The van der Waals surface area contributed by atoms with Crippen molar-refractivity contribution < 1.29 is 27.6 Å². The van der Waals surface area contributed by atoms with Gasteiger partial charge in [-0.2, -0.15) is 0 Å². The SMILES string of the molecule is Cc1cc(O)c(C(=O)O)cc1S(=O)(=O)NCCS(C)=O. The zero-order valence-corrected chi connectivity index (χ0v) is 12.5. The predicted octanol–water partition coefficient (Wildman–Crippen LogP) is 0.0556. The highest BCUT2D eigenvalue weighted by atomic mass is 32.2. The summed E-state index contributed by atoms with van der Waals surface area (Å²) >= 11 is 0. The van der Waals surface area contributed by atoms with Crippen LogP contribution in [0.2, 0.25) is 0 Å². The number of benzene rings is 1. The van der Waals surface area contributed by atoms with Gasteiger partial charge in [-0.05, 0) is 24.6 Å². The molecule has 112 valence electrons. The van der Waals surface area contributed by atoms with Gasteiger partial charge in [0.05, 0.1) is 4.90 Å². The van der Waals surface area contributed by atoms with E-state index in [0.29, 0.717) is 0 Å². The van der Waals surface area contributed by atoms with Gasteiger partial charge in [0.2, 0.25) is 10.0 Å². The number of carboxylic acid groups (broad SMARTS) is 1. The van der Waals surface area contributed by atoms with Crippen molar-refractivity contribution in [2.45, 2.75) is 11.8 Å². The van der Waals surface area contributed by atoms with Crippen LogP contribution in [0.4, 0.5) is 0 Å². The van der Waals surface area contributed by atoms with E-state index in [-0.39, 0.29) is 22.8 Å². The van der Waals surface area contributed by atoms with E-state index in [1.54, 1.807) is 0 Å². The van der Waals surface area contributed by atoms with Crippen LogP contribution in [-0.2, 0) is 20.8 Å². The van der Waals surface area contributed by atoms with E-state index in [4.69, 9.17) is 5.11 Å². The molecule has 9 heteroatoms. The largest absolute Gasteiger partial charge is 0.507 e. The van der Waals surface area contributed by atoms with Crippen molar-refractivity contribution in [3.8, 4) is 5.75 Å². The number of hydrogen-bond donors (Lipinski definition) is 3. The van der Waals surface area contributed by atoms with Gasteiger partial charge in [-0.1, -0.05) is 0 Å². The third-order valence-corrected chi connectivity index (χ3v) is 4.88. The minimum Gasteiger partial charge on any atom is -0.507 e.